The van der Waals surface area contributed by atoms with Crippen LogP contribution in [0.15, 0.2) is 18.2 Å². The number of nitro groups is 1. The SMILES string of the molecule is CCNC(C)CC(=O)Nc1cc([N+](=O)[O-])ccc1OC. The van der Waals surface area contributed by atoms with E-state index in [1.165, 1.54) is 25.3 Å². The molecule has 0 aliphatic carbocycles. The van der Waals surface area contributed by atoms with Crippen LogP contribution in [0.5, 0.6) is 5.75 Å². The van der Waals surface area contributed by atoms with E-state index in [0.29, 0.717) is 11.4 Å². The number of carbonyl (C=O) groups excluding carboxylic acids is 1. The van der Waals surface area contributed by atoms with Crippen LogP contribution in [-0.2, 0) is 4.79 Å². The molecule has 7 heteroatoms. The van der Waals surface area contributed by atoms with E-state index in [1.807, 2.05) is 13.8 Å². The van der Waals surface area contributed by atoms with Gasteiger partial charge in [0.15, 0.2) is 0 Å². The number of non-ortho nitro benzene ring substituents is 1. The summed E-state index contributed by atoms with van der Waals surface area (Å²) in [4.78, 5) is 22.1. The third-order valence-corrected chi connectivity index (χ3v) is 2.71. The normalized spacial score (nSPS) is 11.8. The molecule has 2 N–H and O–H groups in total. The minimum atomic E-state index is -0.518. The average molecular weight is 281 g/mol. The number of rotatable bonds is 7. The van der Waals surface area contributed by atoms with E-state index in [1.54, 1.807) is 0 Å². The summed E-state index contributed by atoms with van der Waals surface area (Å²) in [5.74, 6) is 0.164. The van der Waals surface area contributed by atoms with Crippen LogP contribution in [0.4, 0.5) is 11.4 Å². The molecular formula is C13H19N3O4. The molecule has 0 fully saturated rings. The Morgan fingerprint density at radius 2 is 2.20 bits per heavy atom. The van der Waals surface area contributed by atoms with Gasteiger partial charge in [-0.1, -0.05) is 6.92 Å². The van der Waals surface area contributed by atoms with Crippen molar-refractivity contribution in [1.29, 1.82) is 0 Å². The number of hydrogen-bond donors (Lipinski definition) is 2. The van der Waals surface area contributed by atoms with E-state index < -0.39 is 4.92 Å². The van der Waals surface area contributed by atoms with Gasteiger partial charge in [0.05, 0.1) is 17.7 Å². The molecule has 7 nitrogen and oxygen atoms in total. The lowest BCUT2D eigenvalue weighted by Crippen LogP contribution is -2.30. The van der Waals surface area contributed by atoms with Crippen LogP contribution in [0.25, 0.3) is 0 Å². The first-order valence-electron chi connectivity index (χ1n) is 6.33. The number of nitrogens with one attached hydrogen (secondary N) is 2. The Kier molecular flexibility index (Phi) is 5.92. The molecule has 0 heterocycles. The molecular weight excluding hydrogens is 262 g/mol. The van der Waals surface area contributed by atoms with Gasteiger partial charge in [-0.3, -0.25) is 14.9 Å². The smallest absolute Gasteiger partial charge is 0.271 e. The number of amides is 1. The summed E-state index contributed by atoms with van der Waals surface area (Å²) >= 11 is 0. The molecule has 0 saturated carbocycles. The largest absolute Gasteiger partial charge is 0.495 e. The van der Waals surface area contributed by atoms with Crippen molar-refractivity contribution in [3.05, 3.63) is 28.3 Å². The number of nitrogens with zero attached hydrogens (tertiary/aromatic N) is 1. The quantitative estimate of drug-likeness (QED) is 0.588. The van der Waals surface area contributed by atoms with Gasteiger partial charge in [-0.2, -0.15) is 0 Å². The minimum Gasteiger partial charge on any atom is -0.495 e. The van der Waals surface area contributed by atoms with Crippen LogP contribution in [0.2, 0.25) is 0 Å². The first-order chi connectivity index (χ1) is 9.47. The topological polar surface area (TPSA) is 93.5 Å². The van der Waals surface area contributed by atoms with Crippen LogP contribution >= 0.6 is 0 Å². The number of benzene rings is 1. The van der Waals surface area contributed by atoms with Crippen molar-refractivity contribution in [2.24, 2.45) is 0 Å². The second-order valence-corrected chi connectivity index (χ2v) is 4.35. The molecule has 0 radical (unpaired) electrons. The monoisotopic (exact) mass is 281 g/mol. The first-order valence-corrected chi connectivity index (χ1v) is 6.33. The van der Waals surface area contributed by atoms with Gasteiger partial charge in [0.25, 0.3) is 5.69 Å². The predicted molar refractivity (Wildman–Crippen MR) is 76.0 cm³/mol. The van der Waals surface area contributed by atoms with E-state index in [0.717, 1.165) is 6.54 Å². The van der Waals surface area contributed by atoms with Crippen molar-refractivity contribution < 1.29 is 14.5 Å². The van der Waals surface area contributed by atoms with E-state index in [4.69, 9.17) is 4.74 Å². The number of ether oxygens (including phenoxy) is 1. The molecule has 110 valence electrons. The van der Waals surface area contributed by atoms with Crippen LogP contribution in [0.3, 0.4) is 0 Å². The maximum Gasteiger partial charge on any atom is 0.271 e. The molecule has 0 aliphatic rings. The predicted octanol–water partition coefficient (Wildman–Crippen LogP) is 1.93. The van der Waals surface area contributed by atoms with Crippen molar-refractivity contribution in [1.82, 2.24) is 5.32 Å². The molecule has 0 spiro atoms. The third-order valence-electron chi connectivity index (χ3n) is 2.71. The Morgan fingerprint density at radius 3 is 2.75 bits per heavy atom. The third kappa shape index (κ3) is 4.51. The van der Waals surface area contributed by atoms with Crippen LogP contribution in [-0.4, -0.2) is 30.5 Å². The van der Waals surface area contributed by atoms with Gasteiger partial charge in [0.2, 0.25) is 5.91 Å². The fraction of sp³-hybridized carbons (Fsp3) is 0.462. The van der Waals surface area contributed by atoms with Crippen molar-refractivity contribution in [2.75, 3.05) is 19.0 Å². The Bertz CT molecular complexity index is 491. The number of nitro benzene ring substituents is 1. The standard InChI is InChI=1S/C13H19N3O4/c1-4-14-9(2)7-13(17)15-11-8-10(16(18)19)5-6-12(11)20-3/h5-6,8-9,14H,4,7H2,1-3H3,(H,15,17). The molecule has 0 bridgehead atoms. The minimum absolute atomic E-state index is 0.0321. The van der Waals surface area contributed by atoms with E-state index >= 15 is 0 Å². The highest BCUT2D eigenvalue weighted by molar-refractivity contribution is 5.93. The van der Waals surface area contributed by atoms with Crippen molar-refractivity contribution in [3.8, 4) is 5.75 Å². The lowest BCUT2D eigenvalue weighted by Gasteiger charge is -2.13. The zero-order chi connectivity index (χ0) is 15.1. The van der Waals surface area contributed by atoms with E-state index in [9.17, 15) is 14.9 Å². The van der Waals surface area contributed by atoms with Crippen molar-refractivity contribution in [3.63, 3.8) is 0 Å². The highest BCUT2D eigenvalue weighted by atomic mass is 16.6. The number of hydrogen-bond acceptors (Lipinski definition) is 5. The second kappa shape index (κ2) is 7.44. The Hall–Kier alpha value is -2.15. The molecule has 0 aromatic heterocycles. The lowest BCUT2D eigenvalue weighted by atomic mass is 10.2. The fourth-order valence-corrected chi connectivity index (χ4v) is 1.81. The van der Waals surface area contributed by atoms with Gasteiger partial charge in [0, 0.05) is 24.6 Å². The molecule has 1 amide bonds. The Morgan fingerprint density at radius 1 is 1.50 bits per heavy atom. The molecule has 1 atom stereocenters. The van der Waals surface area contributed by atoms with Crippen molar-refractivity contribution in [2.45, 2.75) is 26.3 Å². The van der Waals surface area contributed by atoms with E-state index in [-0.39, 0.29) is 24.1 Å². The molecule has 1 aromatic rings. The second-order valence-electron chi connectivity index (χ2n) is 4.35. The molecule has 1 unspecified atom stereocenters. The van der Waals surface area contributed by atoms with Gasteiger partial charge in [-0.25, -0.2) is 0 Å². The number of carbonyl (C=O) groups is 1. The molecule has 1 aromatic carbocycles. The van der Waals surface area contributed by atoms with Gasteiger partial charge >= 0.3 is 0 Å². The van der Waals surface area contributed by atoms with E-state index in [2.05, 4.69) is 10.6 Å². The van der Waals surface area contributed by atoms with Gasteiger partial charge in [-0.05, 0) is 19.5 Å². The van der Waals surface area contributed by atoms with Crippen LogP contribution in [0, 0.1) is 10.1 Å². The Balaban J connectivity index is 2.81. The zero-order valence-corrected chi connectivity index (χ0v) is 11.8. The number of anilines is 1. The van der Waals surface area contributed by atoms with Crippen molar-refractivity contribution >= 4 is 17.3 Å². The van der Waals surface area contributed by atoms with Crippen LogP contribution < -0.4 is 15.4 Å². The van der Waals surface area contributed by atoms with Gasteiger partial charge in [-0.15, -0.1) is 0 Å². The highest BCUT2D eigenvalue weighted by Crippen LogP contribution is 2.28. The molecule has 0 saturated heterocycles. The summed E-state index contributed by atoms with van der Waals surface area (Å²) in [6.45, 7) is 4.63. The average Bonchev–Trinajstić information content (AvgIpc) is 2.38. The summed E-state index contributed by atoms with van der Waals surface area (Å²) < 4.78 is 5.08. The maximum atomic E-state index is 11.9. The molecule has 0 aliphatic heterocycles. The lowest BCUT2D eigenvalue weighted by molar-refractivity contribution is -0.384. The van der Waals surface area contributed by atoms with Gasteiger partial charge < -0.3 is 15.4 Å². The molecule has 20 heavy (non-hydrogen) atoms. The summed E-state index contributed by atoms with van der Waals surface area (Å²) in [7, 11) is 1.44. The first kappa shape index (κ1) is 15.9. The maximum absolute atomic E-state index is 11.9. The number of methoxy groups -OCH3 is 1. The molecule has 1 rings (SSSR count). The zero-order valence-electron chi connectivity index (χ0n) is 11.8. The summed E-state index contributed by atoms with van der Waals surface area (Å²) in [5.41, 5.74) is 0.205. The van der Waals surface area contributed by atoms with Crippen LogP contribution in [0.1, 0.15) is 20.3 Å². The highest BCUT2D eigenvalue weighted by Gasteiger charge is 2.15. The van der Waals surface area contributed by atoms with Gasteiger partial charge in [0.1, 0.15) is 5.75 Å². The Labute approximate surface area is 117 Å². The summed E-state index contributed by atoms with van der Waals surface area (Å²) in [6, 6.07) is 4.11. The summed E-state index contributed by atoms with van der Waals surface area (Å²) in [5, 5.41) is 16.5. The fourth-order valence-electron chi connectivity index (χ4n) is 1.81. The summed E-state index contributed by atoms with van der Waals surface area (Å²) in [6.07, 6.45) is 0.277.